The van der Waals surface area contributed by atoms with Crippen LogP contribution < -0.4 is 0 Å². The van der Waals surface area contributed by atoms with E-state index in [1.165, 1.54) is 0 Å². The minimum atomic E-state index is -2.09. The van der Waals surface area contributed by atoms with Gasteiger partial charge in [-0.2, -0.15) is 0 Å². The summed E-state index contributed by atoms with van der Waals surface area (Å²) in [7, 11) is 0. The first kappa shape index (κ1) is 13.1. The SMILES string of the molecule is CC1CC=CCC1SC1=C(S(=O)[O-])C=CCC1. The maximum Gasteiger partial charge on any atom is 0.0340 e. The Morgan fingerprint density at radius 1 is 1.35 bits per heavy atom. The van der Waals surface area contributed by atoms with Gasteiger partial charge < -0.3 is 4.55 Å². The van der Waals surface area contributed by atoms with Crippen LogP contribution in [0, 0.1) is 5.92 Å². The van der Waals surface area contributed by atoms with Gasteiger partial charge in [0.1, 0.15) is 0 Å². The summed E-state index contributed by atoms with van der Waals surface area (Å²) in [5.74, 6) is 0.629. The third kappa shape index (κ3) is 3.33. The Hall–Kier alpha value is -0.320. The van der Waals surface area contributed by atoms with Gasteiger partial charge in [-0.3, -0.25) is 4.21 Å². The zero-order chi connectivity index (χ0) is 12.3. The fraction of sp³-hybridized carbons (Fsp3) is 0.538. The maximum absolute atomic E-state index is 11.2. The van der Waals surface area contributed by atoms with Crippen molar-refractivity contribution < 1.29 is 8.76 Å². The average molecular weight is 269 g/mol. The second kappa shape index (κ2) is 6.03. The number of rotatable bonds is 3. The molecular formula is C13H17O2S2-. The van der Waals surface area contributed by atoms with E-state index >= 15 is 0 Å². The second-order valence-electron chi connectivity index (χ2n) is 4.54. The van der Waals surface area contributed by atoms with Crippen LogP contribution >= 0.6 is 11.8 Å². The van der Waals surface area contributed by atoms with Crippen LogP contribution in [0.3, 0.4) is 0 Å². The molecule has 2 nitrogen and oxygen atoms in total. The average Bonchev–Trinajstić information content (AvgIpc) is 2.32. The minimum Gasteiger partial charge on any atom is -0.768 e. The molecule has 3 atom stereocenters. The Balaban J connectivity index is 2.13. The maximum atomic E-state index is 11.2. The van der Waals surface area contributed by atoms with E-state index in [1.54, 1.807) is 17.8 Å². The molecule has 2 aliphatic rings. The number of allylic oxidation sites excluding steroid dienone is 5. The molecule has 17 heavy (non-hydrogen) atoms. The molecule has 0 aromatic carbocycles. The third-order valence-corrected chi connectivity index (χ3v) is 5.77. The van der Waals surface area contributed by atoms with Gasteiger partial charge in [0.05, 0.1) is 0 Å². The van der Waals surface area contributed by atoms with Gasteiger partial charge in [-0.25, -0.2) is 0 Å². The van der Waals surface area contributed by atoms with E-state index in [0.29, 0.717) is 16.1 Å². The molecule has 0 aromatic rings. The van der Waals surface area contributed by atoms with Crippen LogP contribution in [0.15, 0.2) is 34.1 Å². The summed E-state index contributed by atoms with van der Waals surface area (Å²) < 4.78 is 22.3. The molecule has 2 rings (SSSR count). The molecule has 2 aliphatic carbocycles. The van der Waals surface area contributed by atoms with E-state index in [2.05, 4.69) is 19.1 Å². The van der Waals surface area contributed by atoms with Crippen molar-refractivity contribution in [2.45, 2.75) is 37.9 Å². The first-order valence-electron chi connectivity index (χ1n) is 5.99. The Morgan fingerprint density at radius 3 is 2.82 bits per heavy atom. The lowest BCUT2D eigenvalue weighted by molar-refractivity contribution is 0.541. The first-order valence-corrected chi connectivity index (χ1v) is 7.94. The summed E-state index contributed by atoms with van der Waals surface area (Å²) >= 11 is -0.324. The molecule has 0 radical (unpaired) electrons. The third-order valence-electron chi connectivity index (χ3n) is 3.23. The molecule has 0 spiro atoms. The van der Waals surface area contributed by atoms with Crippen LogP contribution in [0.1, 0.15) is 32.6 Å². The molecule has 0 N–H and O–H groups in total. The Morgan fingerprint density at radius 2 is 2.12 bits per heavy atom. The van der Waals surface area contributed by atoms with Crippen molar-refractivity contribution >= 4 is 22.8 Å². The van der Waals surface area contributed by atoms with Crippen molar-refractivity contribution in [3.8, 4) is 0 Å². The van der Waals surface area contributed by atoms with Gasteiger partial charge in [-0.05, 0) is 42.7 Å². The Bertz CT molecular complexity index is 396. The van der Waals surface area contributed by atoms with Gasteiger partial charge in [-0.1, -0.05) is 31.2 Å². The van der Waals surface area contributed by atoms with E-state index < -0.39 is 11.1 Å². The summed E-state index contributed by atoms with van der Waals surface area (Å²) in [5.41, 5.74) is 0. The van der Waals surface area contributed by atoms with Crippen molar-refractivity contribution in [3.05, 3.63) is 34.1 Å². The summed E-state index contributed by atoms with van der Waals surface area (Å²) in [6, 6.07) is 0. The summed E-state index contributed by atoms with van der Waals surface area (Å²) in [6.45, 7) is 2.24. The highest BCUT2D eigenvalue weighted by molar-refractivity contribution is 8.04. The minimum absolute atomic E-state index is 0.503. The smallest absolute Gasteiger partial charge is 0.0340 e. The van der Waals surface area contributed by atoms with Gasteiger partial charge >= 0.3 is 0 Å². The van der Waals surface area contributed by atoms with Crippen LogP contribution in [0.2, 0.25) is 0 Å². The highest BCUT2D eigenvalue weighted by atomic mass is 32.2. The molecule has 4 heteroatoms. The van der Waals surface area contributed by atoms with Crippen molar-refractivity contribution in [3.63, 3.8) is 0 Å². The van der Waals surface area contributed by atoms with E-state index in [1.807, 2.05) is 6.08 Å². The summed E-state index contributed by atoms with van der Waals surface area (Å²) in [4.78, 5) is 1.55. The normalized spacial score (nSPS) is 30.7. The highest BCUT2D eigenvalue weighted by Crippen LogP contribution is 2.39. The molecule has 0 heterocycles. The molecule has 94 valence electrons. The lowest BCUT2D eigenvalue weighted by Crippen LogP contribution is -2.17. The molecule has 0 fully saturated rings. The number of hydrogen-bond acceptors (Lipinski definition) is 3. The molecule has 0 bridgehead atoms. The van der Waals surface area contributed by atoms with Crippen molar-refractivity contribution in [2.75, 3.05) is 0 Å². The van der Waals surface area contributed by atoms with Gasteiger partial charge in [0.25, 0.3) is 0 Å². The van der Waals surface area contributed by atoms with E-state index in [0.717, 1.165) is 30.6 Å². The highest BCUT2D eigenvalue weighted by Gasteiger charge is 2.22. The van der Waals surface area contributed by atoms with Crippen molar-refractivity contribution in [1.82, 2.24) is 0 Å². The topological polar surface area (TPSA) is 40.1 Å². The van der Waals surface area contributed by atoms with Gasteiger partial charge in [-0.15, -0.1) is 11.8 Å². The van der Waals surface area contributed by atoms with Gasteiger partial charge in [0.2, 0.25) is 0 Å². The molecule has 0 saturated carbocycles. The van der Waals surface area contributed by atoms with Crippen molar-refractivity contribution in [2.24, 2.45) is 5.92 Å². The Kier molecular flexibility index (Phi) is 4.65. The van der Waals surface area contributed by atoms with Crippen LogP contribution in [0.25, 0.3) is 0 Å². The van der Waals surface area contributed by atoms with Crippen molar-refractivity contribution in [1.29, 1.82) is 0 Å². The predicted molar refractivity (Wildman–Crippen MR) is 73.2 cm³/mol. The predicted octanol–water partition coefficient (Wildman–Crippen LogP) is 3.52. The molecule has 0 amide bonds. The lowest BCUT2D eigenvalue weighted by atomic mass is 9.96. The first-order chi connectivity index (χ1) is 8.18. The van der Waals surface area contributed by atoms with E-state index in [9.17, 15) is 8.76 Å². The van der Waals surface area contributed by atoms with Gasteiger partial charge in [0.15, 0.2) is 0 Å². The largest absolute Gasteiger partial charge is 0.768 e. The number of hydrogen-bond donors (Lipinski definition) is 0. The van der Waals surface area contributed by atoms with Crippen LogP contribution in [0.5, 0.6) is 0 Å². The monoisotopic (exact) mass is 269 g/mol. The molecule has 0 aliphatic heterocycles. The quantitative estimate of drug-likeness (QED) is 0.581. The fourth-order valence-electron chi connectivity index (χ4n) is 2.16. The molecule has 0 saturated heterocycles. The standard InChI is InChI=1S/C13H18O2S2/c1-10-6-2-3-7-11(10)16-12-8-4-5-9-13(12)17(14)15/h2-3,5,9-11H,4,6-8H2,1H3,(H,14,15)/p-1. The Labute approximate surface area is 110 Å². The zero-order valence-corrected chi connectivity index (χ0v) is 11.6. The number of thioether (sulfide) groups is 1. The van der Waals surface area contributed by atoms with Gasteiger partial charge in [0, 0.05) is 15.1 Å². The lowest BCUT2D eigenvalue weighted by Gasteiger charge is -2.27. The second-order valence-corrected chi connectivity index (χ2v) is 6.78. The van der Waals surface area contributed by atoms with Crippen LogP contribution in [-0.4, -0.2) is 14.0 Å². The fourth-order valence-corrected chi connectivity index (χ4v) is 4.34. The zero-order valence-electron chi connectivity index (χ0n) is 9.93. The molecule has 0 aromatic heterocycles. The molecular weight excluding hydrogens is 252 g/mol. The van der Waals surface area contributed by atoms with Crippen LogP contribution in [0.4, 0.5) is 0 Å². The summed E-state index contributed by atoms with van der Waals surface area (Å²) in [5, 5.41) is 0.528. The van der Waals surface area contributed by atoms with E-state index in [4.69, 9.17) is 0 Å². The summed E-state index contributed by atoms with van der Waals surface area (Å²) in [6.07, 6.45) is 12.1. The van der Waals surface area contributed by atoms with E-state index in [-0.39, 0.29) is 0 Å². The molecule has 3 unspecified atom stereocenters. The van der Waals surface area contributed by atoms with Crippen LogP contribution in [-0.2, 0) is 11.1 Å².